The van der Waals surface area contributed by atoms with E-state index in [-0.39, 0.29) is 17.4 Å². The van der Waals surface area contributed by atoms with Crippen LogP contribution < -0.4 is 15.2 Å². The third-order valence-electron chi connectivity index (χ3n) is 3.95. The van der Waals surface area contributed by atoms with Gasteiger partial charge in [0.15, 0.2) is 17.6 Å². The summed E-state index contributed by atoms with van der Waals surface area (Å²) in [6.45, 7) is 0. The molecule has 0 fully saturated rings. The quantitative estimate of drug-likeness (QED) is 0.776. The molecule has 0 saturated heterocycles. The van der Waals surface area contributed by atoms with Crippen LogP contribution in [0.25, 0.3) is 0 Å². The molecule has 27 heavy (non-hydrogen) atoms. The first-order chi connectivity index (χ1) is 13.0. The summed E-state index contributed by atoms with van der Waals surface area (Å²) in [5.41, 5.74) is 7.06. The summed E-state index contributed by atoms with van der Waals surface area (Å²) in [5.74, 6) is -0.0569. The van der Waals surface area contributed by atoms with E-state index >= 15 is 0 Å². The minimum absolute atomic E-state index is 0.123. The first kappa shape index (κ1) is 18.8. The van der Waals surface area contributed by atoms with Crippen molar-refractivity contribution in [2.45, 2.75) is 11.9 Å². The molecule has 8 heteroatoms. The van der Waals surface area contributed by atoms with Crippen LogP contribution in [0.2, 0.25) is 0 Å². The van der Waals surface area contributed by atoms with Gasteiger partial charge in [-0.2, -0.15) is 0 Å². The number of hydrogen-bond donors (Lipinski definition) is 1. The van der Waals surface area contributed by atoms with Crippen LogP contribution in [0.5, 0.6) is 11.5 Å². The minimum Gasteiger partial charge on any atom is -0.493 e. The van der Waals surface area contributed by atoms with E-state index < -0.39 is 23.0 Å². The molecule has 2 atom stereocenters. The van der Waals surface area contributed by atoms with Crippen molar-refractivity contribution in [1.29, 1.82) is 0 Å². The van der Waals surface area contributed by atoms with Crippen molar-refractivity contribution in [1.82, 2.24) is 0 Å². The van der Waals surface area contributed by atoms with Gasteiger partial charge in [-0.15, -0.1) is 0 Å². The highest BCUT2D eigenvalue weighted by atomic mass is 32.2. The summed E-state index contributed by atoms with van der Waals surface area (Å²) in [5, 5.41) is 0. The Balaban J connectivity index is 1.78. The largest absolute Gasteiger partial charge is 0.493 e. The fourth-order valence-corrected chi connectivity index (χ4v) is 3.59. The number of nitrogens with two attached hydrogens (primary N) is 1. The van der Waals surface area contributed by atoms with Gasteiger partial charge in [-0.25, -0.2) is 4.21 Å². The van der Waals surface area contributed by atoms with E-state index in [9.17, 15) is 9.00 Å². The van der Waals surface area contributed by atoms with Crippen molar-refractivity contribution in [3.05, 3.63) is 71.3 Å². The molecule has 0 amide bonds. The van der Waals surface area contributed by atoms with Gasteiger partial charge in [0, 0.05) is 5.56 Å². The molecule has 0 bridgehead atoms. The van der Waals surface area contributed by atoms with Gasteiger partial charge < -0.3 is 24.1 Å². The molecule has 0 saturated carbocycles. The molecular formula is C19H19NO6S. The Hall–Kier alpha value is -3.00. The topological polar surface area (TPSA) is 97.1 Å². The standard InChI is InChI=1S/C19H19NO6S/c1-23-14-10-6-9-13(16(14)24-2)17-15(21)18(19(20)25-17)26-27(22)11-12-7-4-3-5-8-12/h3-10,17H,11,20H2,1-2H3. The second-order valence-electron chi connectivity index (χ2n) is 5.66. The molecule has 2 aromatic rings. The van der Waals surface area contributed by atoms with Crippen LogP contribution in [0.3, 0.4) is 0 Å². The predicted octanol–water partition coefficient (Wildman–Crippen LogP) is 2.35. The number of carbonyl (C=O) groups excluding carboxylic acids is 1. The number of ketones is 1. The summed E-state index contributed by atoms with van der Waals surface area (Å²) >= 11 is -1.78. The molecule has 3 rings (SSSR count). The number of rotatable bonds is 7. The molecule has 1 aliphatic heterocycles. The average Bonchev–Trinajstić information content (AvgIpc) is 2.96. The highest BCUT2D eigenvalue weighted by Gasteiger charge is 2.40. The Morgan fingerprint density at radius 1 is 1.07 bits per heavy atom. The van der Waals surface area contributed by atoms with Gasteiger partial charge in [0.2, 0.25) is 28.5 Å². The maximum Gasteiger partial charge on any atom is 0.249 e. The Labute approximate surface area is 159 Å². The fraction of sp³-hybridized carbons (Fsp3) is 0.211. The lowest BCUT2D eigenvalue weighted by molar-refractivity contribution is -0.123. The number of carbonyl (C=O) groups is 1. The number of methoxy groups -OCH3 is 2. The van der Waals surface area contributed by atoms with Crippen LogP contribution in [0.15, 0.2) is 60.2 Å². The summed E-state index contributed by atoms with van der Waals surface area (Å²) < 4.78 is 33.6. The Morgan fingerprint density at radius 2 is 1.81 bits per heavy atom. The van der Waals surface area contributed by atoms with E-state index in [0.29, 0.717) is 17.1 Å². The zero-order valence-corrected chi connectivity index (χ0v) is 15.7. The maximum absolute atomic E-state index is 12.8. The predicted molar refractivity (Wildman–Crippen MR) is 99.0 cm³/mol. The SMILES string of the molecule is COc1cccc(C2OC(N)=C(OS(=O)Cc3ccccc3)C2=O)c1OC. The van der Waals surface area contributed by atoms with Gasteiger partial charge in [-0.05, 0) is 11.6 Å². The molecule has 2 unspecified atom stereocenters. The third kappa shape index (κ3) is 3.90. The molecule has 0 spiro atoms. The van der Waals surface area contributed by atoms with Gasteiger partial charge in [0.25, 0.3) is 0 Å². The second kappa shape index (κ2) is 8.13. The van der Waals surface area contributed by atoms with Crippen LogP contribution in [0, 0.1) is 0 Å². The van der Waals surface area contributed by atoms with E-state index in [0.717, 1.165) is 5.56 Å². The molecule has 2 aromatic carbocycles. The highest BCUT2D eigenvalue weighted by molar-refractivity contribution is 7.79. The smallest absolute Gasteiger partial charge is 0.249 e. The van der Waals surface area contributed by atoms with Crippen molar-refractivity contribution in [2.75, 3.05) is 14.2 Å². The van der Waals surface area contributed by atoms with E-state index in [1.807, 2.05) is 30.3 Å². The monoisotopic (exact) mass is 389 g/mol. The minimum atomic E-state index is -1.78. The zero-order valence-electron chi connectivity index (χ0n) is 14.8. The second-order valence-corrected chi connectivity index (χ2v) is 6.72. The lowest BCUT2D eigenvalue weighted by Crippen LogP contribution is -2.14. The van der Waals surface area contributed by atoms with E-state index in [2.05, 4.69) is 0 Å². The number of hydrogen-bond acceptors (Lipinski definition) is 7. The van der Waals surface area contributed by atoms with E-state index in [1.54, 1.807) is 18.2 Å². The Kier molecular flexibility index (Phi) is 5.66. The van der Waals surface area contributed by atoms with Crippen LogP contribution >= 0.6 is 0 Å². The van der Waals surface area contributed by atoms with Gasteiger partial charge >= 0.3 is 0 Å². The van der Waals surface area contributed by atoms with Crippen molar-refractivity contribution < 1.29 is 27.4 Å². The zero-order chi connectivity index (χ0) is 19.4. The first-order valence-corrected chi connectivity index (χ1v) is 9.31. The van der Waals surface area contributed by atoms with Crippen LogP contribution in [-0.2, 0) is 30.5 Å². The molecule has 1 heterocycles. The molecule has 142 valence electrons. The van der Waals surface area contributed by atoms with Crippen molar-refractivity contribution in [2.24, 2.45) is 5.73 Å². The highest BCUT2D eigenvalue weighted by Crippen LogP contribution is 2.40. The molecule has 1 aliphatic rings. The number of para-hydroxylation sites is 1. The van der Waals surface area contributed by atoms with Crippen molar-refractivity contribution in [3.8, 4) is 11.5 Å². The summed E-state index contributed by atoms with van der Waals surface area (Å²) in [4.78, 5) is 12.8. The van der Waals surface area contributed by atoms with Crippen molar-refractivity contribution in [3.63, 3.8) is 0 Å². The van der Waals surface area contributed by atoms with Gasteiger partial charge in [0.1, 0.15) is 0 Å². The lowest BCUT2D eigenvalue weighted by atomic mass is 10.0. The van der Waals surface area contributed by atoms with Gasteiger partial charge in [0.05, 0.1) is 20.0 Å². The normalized spacial score (nSPS) is 17.4. The fourth-order valence-electron chi connectivity index (χ4n) is 2.71. The van der Waals surface area contributed by atoms with Crippen LogP contribution in [-0.4, -0.2) is 24.2 Å². The lowest BCUT2D eigenvalue weighted by Gasteiger charge is -2.16. The first-order valence-electron chi connectivity index (χ1n) is 8.07. The third-order valence-corrected chi connectivity index (χ3v) is 4.87. The molecule has 0 aliphatic carbocycles. The van der Waals surface area contributed by atoms with E-state index in [1.165, 1.54) is 14.2 Å². The van der Waals surface area contributed by atoms with E-state index in [4.69, 9.17) is 24.1 Å². The van der Waals surface area contributed by atoms with Crippen LogP contribution in [0.4, 0.5) is 0 Å². The molecule has 0 radical (unpaired) electrons. The summed E-state index contributed by atoms with van der Waals surface area (Å²) in [7, 11) is 2.96. The molecule has 0 aromatic heterocycles. The van der Waals surface area contributed by atoms with Crippen molar-refractivity contribution >= 4 is 16.9 Å². The average molecular weight is 389 g/mol. The number of Topliss-reactive ketones (excluding diaryl/α,β-unsaturated/α-hetero) is 1. The Morgan fingerprint density at radius 3 is 2.48 bits per heavy atom. The van der Waals surface area contributed by atoms with Gasteiger partial charge in [-0.3, -0.25) is 4.79 Å². The van der Waals surface area contributed by atoms with Crippen LogP contribution in [0.1, 0.15) is 17.2 Å². The summed E-state index contributed by atoms with van der Waals surface area (Å²) in [6, 6.07) is 14.2. The Bertz CT molecular complexity index is 896. The maximum atomic E-state index is 12.8. The van der Waals surface area contributed by atoms with Gasteiger partial charge in [-0.1, -0.05) is 42.5 Å². The molecule has 2 N–H and O–H groups in total. The summed E-state index contributed by atoms with van der Waals surface area (Å²) in [6.07, 6.45) is -1.06. The number of ether oxygens (including phenoxy) is 3. The number of benzene rings is 2. The molecule has 7 nitrogen and oxygen atoms in total. The molecular weight excluding hydrogens is 370 g/mol.